The van der Waals surface area contributed by atoms with Crippen LogP contribution >= 0.6 is 0 Å². The van der Waals surface area contributed by atoms with Gasteiger partial charge in [-0.05, 0) is 62.6 Å². The van der Waals surface area contributed by atoms with Crippen LogP contribution in [-0.2, 0) is 4.74 Å². The van der Waals surface area contributed by atoms with Gasteiger partial charge in [-0.25, -0.2) is 14.8 Å². The predicted octanol–water partition coefficient (Wildman–Crippen LogP) is 5.22. The van der Waals surface area contributed by atoms with E-state index in [1.54, 1.807) is 18.3 Å². The van der Waals surface area contributed by atoms with Crippen LogP contribution in [0, 0.1) is 6.92 Å². The Kier molecular flexibility index (Phi) is 5.46. The number of carbonyl (C=O) groups is 1. The van der Waals surface area contributed by atoms with Crippen LogP contribution in [0.2, 0.25) is 0 Å². The normalized spacial score (nSPS) is 15.7. The molecular formula is C26H27N5O2. The Balaban J connectivity index is 1.52. The Morgan fingerprint density at radius 3 is 2.73 bits per heavy atom. The summed E-state index contributed by atoms with van der Waals surface area (Å²) >= 11 is 0. The van der Waals surface area contributed by atoms with Crippen molar-refractivity contribution in [2.45, 2.75) is 32.7 Å². The van der Waals surface area contributed by atoms with Crippen molar-refractivity contribution in [2.24, 2.45) is 0 Å². The highest BCUT2D eigenvalue weighted by atomic mass is 16.5. The summed E-state index contributed by atoms with van der Waals surface area (Å²) in [6.45, 7) is 5.36. The van der Waals surface area contributed by atoms with Crippen molar-refractivity contribution in [3.05, 3.63) is 72.2 Å². The maximum absolute atomic E-state index is 11.8. The molecule has 0 amide bonds. The third-order valence-electron chi connectivity index (χ3n) is 6.38. The van der Waals surface area contributed by atoms with Crippen molar-refractivity contribution in [3.63, 3.8) is 0 Å². The summed E-state index contributed by atoms with van der Waals surface area (Å²) in [6.07, 6.45) is 6.15. The van der Waals surface area contributed by atoms with Crippen LogP contribution in [-0.4, -0.2) is 40.0 Å². The van der Waals surface area contributed by atoms with Crippen molar-refractivity contribution >= 4 is 28.9 Å². The fraction of sp³-hybridized carbons (Fsp3) is 0.269. The number of hydrogen-bond acceptors (Lipinski definition) is 6. The lowest BCUT2D eigenvalue weighted by atomic mass is 10.0. The number of nitrogens with one attached hydrogen (secondary N) is 1. The van der Waals surface area contributed by atoms with Crippen LogP contribution in [0.3, 0.4) is 0 Å². The van der Waals surface area contributed by atoms with E-state index >= 15 is 0 Å². The third-order valence-corrected chi connectivity index (χ3v) is 6.38. The number of imidazole rings is 1. The van der Waals surface area contributed by atoms with Crippen LogP contribution in [0.15, 0.2) is 60.9 Å². The van der Waals surface area contributed by atoms with Crippen molar-refractivity contribution < 1.29 is 9.53 Å². The van der Waals surface area contributed by atoms with Crippen LogP contribution in [0.4, 0.5) is 17.3 Å². The van der Waals surface area contributed by atoms with Gasteiger partial charge >= 0.3 is 5.97 Å². The van der Waals surface area contributed by atoms with E-state index < -0.39 is 0 Å². The quantitative estimate of drug-likeness (QED) is 0.428. The van der Waals surface area contributed by atoms with E-state index in [1.165, 1.54) is 20.0 Å². The first-order valence-corrected chi connectivity index (χ1v) is 11.2. The lowest BCUT2D eigenvalue weighted by molar-refractivity contribution is 0.0601. The fourth-order valence-corrected chi connectivity index (χ4v) is 4.57. The van der Waals surface area contributed by atoms with E-state index in [-0.39, 0.29) is 5.97 Å². The van der Waals surface area contributed by atoms with Crippen LogP contribution in [0.1, 0.15) is 35.8 Å². The standard InChI is InChI=1S/C26H27N5O2/c1-17-6-5-14-30(17)24-8-4-7-23(29-24)28-22-16-21(18(2)31-15-13-27-25(22)31)19-9-11-20(12-10-19)26(32)33-3/h4,7-13,15-17H,5-6,14H2,1-3H3,(H,28,29). The monoisotopic (exact) mass is 441 g/mol. The number of hydrogen-bond donors (Lipinski definition) is 1. The largest absolute Gasteiger partial charge is 0.465 e. The van der Waals surface area contributed by atoms with Crippen molar-refractivity contribution in [1.29, 1.82) is 0 Å². The lowest BCUT2D eigenvalue weighted by Gasteiger charge is -2.23. The maximum atomic E-state index is 11.8. The summed E-state index contributed by atoms with van der Waals surface area (Å²) in [5, 5.41) is 3.49. The number of fused-ring (bicyclic) bond motifs is 1. The number of aryl methyl sites for hydroxylation is 1. The fourth-order valence-electron chi connectivity index (χ4n) is 4.57. The van der Waals surface area contributed by atoms with Gasteiger partial charge in [-0.15, -0.1) is 0 Å². The highest BCUT2D eigenvalue weighted by Crippen LogP contribution is 2.32. The first-order valence-electron chi connectivity index (χ1n) is 11.2. The number of rotatable bonds is 5. The highest BCUT2D eigenvalue weighted by Gasteiger charge is 2.22. The van der Waals surface area contributed by atoms with Gasteiger partial charge < -0.3 is 19.4 Å². The molecule has 168 valence electrons. The van der Waals surface area contributed by atoms with E-state index in [0.717, 1.165) is 46.3 Å². The molecule has 0 bridgehead atoms. The number of aromatic nitrogens is 3. The molecule has 1 atom stereocenters. The number of nitrogens with zero attached hydrogens (tertiary/aromatic N) is 4. The Bertz CT molecular complexity index is 1310. The molecule has 33 heavy (non-hydrogen) atoms. The topological polar surface area (TPSA) is 71.8 Å². The van der Waals surface area contributed by atoms with Gasteiger partial charge in [0.2, 0.25) is 0 Å². The van der Waals surface area contributed by atoms with Crippen LogP contribution in [0.5, 0.6) is 0 Å². The molecule has 7 nitrogen and oxygen atoms in total. The van der Waals surface area contributed by atoms with Crippen LogP contribution in [0.25, 0.3) is 16.8 Å². The Labute approximate surface area is 193 Å². The zero-order valence-corrected chi connectivity index (χ0v) is 19.1. The summed E-state index contributed by atoms with van der Waals surface area (Å²) in [7, 11) is 1.39. The number of benzene rings is 1. The molecule has 0 radical (unpaired) electrons. The minimum absolute atomic E-state index is 0.344. The van der Waals surface area contributed by atoms with Gasteiger partial charge in [-0.1, -0.05) is 18.2 Å². The first-order chi connectivity index (χ1) is 16.0. The average Bonchev–Trinajstić information content (AvgIpc) is 3.50. The second-order valence-corrected chi connectivity index (χ2v) is 8.44. The van der Waals surface area contributed by atoms with Crippen molar-refractivity contribution in [3.8, 4) is 11.1 Å². The summed E-state index contributed by atoms with van der Waals surface area (Å²) < 4.78 is 6.89. The number of esters is 1. The molecule has 4 heterocycles. The maximum Gasteiger partial charge on any atom is 0.337 e. The van der Waals surface area contributed by atoms with E-state index in [4.69, 9.17) is 9.72 Å². The third kappa shape index (κ3) is 3.91. The smallest absolute Gasteiger partial charge is 0.337 e. The average molecular weight is 442 g/mol. The number of pyridine rings is 2. The molecule has 1 aliphatic rings. The molecule has 1 fully saturated rings. The highest BCUT2D eigenvalue weighted by molar-refractivity contribution is 5.90. The van der Waals surface area contributed by atoms with Gasteiger partial charge in [0.15, 0.2) is 5.65 Å². The summed E-state index contributed by atoms with van der Waals surface area (Å²) in [5.74, 6) is 1.44. The van der Waals surface area contributed by atoms with Gasteiger partial charge in [0.25, 0.3) is 0 Å². The molecule has 1 N–H and O–H groups in total. The molecule has 4 aromatic rings. The molecule has 0 spiro atoms. The van der Waals surface area contributed by atoms with Gasteiger partial charge in [0.05, 0.1) is 18.4 Å². The van der Waals surface area contributed by atoms with Crippen LogP contribution < -0.4 is 10.2 Å². The number of anilines is 3. The molecule has 1 unspecified atom stereocenters. The zero-order chi connectivity index (χ0) is 22.9. The summed E-state index contributed by atoms with van der Waals surface area (Å²) in [5.41, 5.74) is 5.35. The minimum Gasteiger partial charge on any atom is -0.465 e. The number of ether oxygens (including phenoxy) is 1. The van der Waals surface area contributed by atoms with Crippen molar-refractivity contribution in [2.75, 3.05) is 23.9 Å². The van der Waals surface area contributed by atoms with Gasteiger partial charge in [0.1, 0.15) is 11.6 Å². The Morgan fingerprint density at radius 2 is 2.00 bits per heavy atom. The Morgan fingerprint density at radius 1 is 1.18 bits per heavy atom. The predicted molar refractivity (Wildman–Crippen MR) is 130 cm³/mol. The SMILES string of the molecule is COC(=O)c1ccc(-c2cc(Nc3cccc(N4CCCC4C)n3)c3nccn3c2C)cc1. The first kappa shape index (κ1) is 21.0. The summed E-state index contributed by atoms with van der Waals surface area (Å²) in [4.78, 5) is 23.6. The van der Waals surface area contributed by atoms with E-state index in [0.29, 0.717) is 11.6 Å². The van der Waals surface area contributed by atoms with Gasteiger partial charge in [-0.2, -0.15) is 0 Å². The molecule has 1 aliphatic heterocycles. The molecule has 1 saturated heterocycles. The molecule has 0 aliphatic carbocycles. The van der Waals surface area contributed by atoms with E-state index in [1.807, 2.05) is 30.5 Å². The molecule has 5 rings (SSSR count). The second-order valence-electron chi connectivity index (χ2n) is 8.44. The second kappa shape index (κ2) is 8.58. The zero-order valence-electron chi connectivity index (χ0n) is 19.1. The van der Waals surface area contributed by atoms with Crippen molar-refractivity contribution in [1.82, 2.24) is 14.4 Å². The molecule has 0 saturated carbocycles. The van der Waals surface area contributed by atoms with Gasteiger partial charge in [0, 0.05) is 36.2 Å². The molecule has 3 aromatic heterocycles. The Hall–Kier alpha value is -3.87. The van der Waals surface area contributed by atoms with E-state index in [9.17, 15) is 4.79 Å². The van der Waals surface area contributed by atoms with Gasteiger partial charge in [-0.3, -0.25) is 0 Å². The molecule has 1 aromatic carbocycles. The van der Waals surface area contributed by atoms with E-state index in [2.05, 4.69) is 45.6 Å². The minimum atomic E-state index is -0.344. The number of methoxy groups -OCH3 is 1. The lowest BCUT2D eigenvalue weighted by Crippen LogP contribution is -2.27. The molecule has 7 heteroatoms. The number of carbonyl (C=O) groups excluding carboxylic acids is 1. The molecular weight excluding hydrogens is 414 g/mol. The summed E-state index contributed by atoms with van der Waals surface area (Å²) in [6, 6.07) is 16.1.